The summed E-state index contributed by atoms with van der Waals surface area (Å²) in [7, 11) is 0. The number of esters is 3. The molecule has 412 valence electrons. The van der Waals surface area contributed by atoms with Gasteiger partial charge in [0.15, 0.2) is 6.10 Å². The summed E-state index contributed by atoms with van der Waals surface area (Å²) < 4.78 is 16.9. The van der Waals surface area contributed by atoms with E-state index in [0.717, 1.165) is 128 Å². The highest BCUT2D eigenvalue weighted by Crippen LogP contribution is 2.15. The summed E-state index contributed by atoms with van der Waals surface area (Å²) in [6.45, 7) is 6.49. The number of ether oxygens (including phenoxy) is 3. The Balaban J connectivity index is 4.38. The molecule has 0 saturated carbocycles. The highest BCUT2D eigenvalue weighted by atomic mass is 16.6. The molecule has 0 radical (unpaired) electrons. The number of allylic oxidation sites excluding steroid dienone is 16. The lowest BCUT2D eigenvalue weighted by atomic mass is 10.1. The molecule has 0 heterocycles. The van der Waals surface area contributed by atoms with Crippen LogP contribution in [0.3, 0.4) is 0 Å². The van der Waals surface area contributed by atoms with Gasteiger partial charge in [-0.2, -0.15) is 0 Å². The van der Waals surface area contributed by atoms with Crippen LogP contribution < -0.4 is 0 Å². The summed E-state index contributed by atoms with van der Waals surface area (Å²) >= 11 is 0. The molecular weight excluding hydrogens is 889 g/mol. The van der Waals surface area contributed by atoms with Gasteiger partial charge < -0.3 is 14.2 Å². The van der Waals surface area contributed by atoms with Gasteiger partial charge in [-0.25, -0.2) is 0 Å². The molecule has 0 aliphatic carbocycles. The lowest BCUT2D eigenvalue weighted by Gasteiger charge is -2.18. The van der Waals surface area contributed by atoms with Crippen LogP contribution in [0.25, 0.3) is 0 Å². The van der Waals surface area contributed by atoms with Gasteiger partial charge in [-0.1, -0.05) is 240 Å². The molecule has 0 bridgehead atoms. The van der Waals surface area contributed by atoms with Crippen molar-refractivity contribution in [1.82, 2.24) is 0 Å². The number of hydrogen-bond donors (Lipinski definition) is 0. The quantitative estimate of drug-likeness (QED) is 0.0261. The third-order valence-corrected chi connectivity index (χ3v) is 12.8. The van der Waals surface area contributed by atoms with Gasteiger partial charge in [0.1, 0.15) is 13.2 Å². The van der Waals surface area contributed by atoms with Crippen molar-refractivity contribution in [3.8, 4) is 0 Å². The maximum Gasteiger partial charge on any atom is 0.306 e. The molecule has 0 aliphatic heterocycles. The Kier molecular flexibility index (Phi) is 56.8. The Hall–Kier alpha value is -3.67. The second-order valence-electron chi connectivity index (χ2n) is 19.9. The van der Waals surface area contributed by atoms with Gasteiger partial charge in [-0.3, -0.25) is 14.4 Å². The van der Waals surface area contributed by atoms with E-state index in [4.69, 9.17) is 14.2 Å². The van der Waals surface area contributed by atoms with E-state index in [-0.39, 0.29) is 31.1 Å². The minimum absolute atomic E-state index is 0.0896. The number of carbonyl (C=O) groups is 3. The van der Waals surface area contributed by atoms with Gasteiger partial charge in [0.05, 0.1) is 0 Å². The molecule has 1 unspecified atom stereocenters. The van der Waals surface area contributed by atoms with E-state index < -0.39 is 6.10 Å². The first-order valence-electron chi connectivity index (χ1n) is 30.2. The van der Waals surface area contributed by atoms with Crippen LogP contribution in [-0.2, 0) is 28.6 Å². The third-order valence-electron chi connectivity index (χ3n) is 12.8. The molecule has 6 heteroatoms. The maximum absolute atomic E-state index is 12.9. The van der Waals surface area contributed by atoms with Crippen LogP contribution in [0.4, 0.5) is 0 Å². The second kappa shape index (κ2) is 59.9. The molecule has 0 amide bonds. The normalized spacial score (nSPS) is 12.8. The standard InChI is InChI=1S/C66H112O6/c1-4-7-10-13-16-19-22-25-27-29-30-31-32-33-34-35-36-37-39-41-44-47-50-53-56-59-65(68)71-62-63(61-70-64(67)58-55-52-49-46-43-40-24-21-18-15-12-9-6-3)72-66(69)60-57-54-51-48-45-42-38-28-26-23-20-17-14-11-8-5-2/h7,10,16,19,21,24-25,27-28,30-31,33-34,36-38,63H,4-6,8-9,11-15,17-18,20,22-23,26,29,32,35,39-62H2,1-3H3/b10-7-,19-16-,24-21-,27-25-,31-30-,34-33-,37-36-,38-28-. The van der Waals surface area contributed by atoms with E-state index in [1.54, 1.807) is 0 Å². The summed E-state index contributed by atoms with van der Waals surface area (Å²) in [4.78, 5) is 38.2. The SMILES string of the molecule is CC/C=C\C/C=C\C/C=C\C/C=C\C/C=C\C/C=C\CCCCCCCCC(=O)OCC(COC(=O)CCCCCCC/C=C\CCCCCC)OC(=O)CCCCCCC/C=C\CCCCCCCCC. The van der Waals surface area contributed by atoms with Crippen LogP contribution in [0.2, 0.25) is 0 Å². The molecule has 0 aliphatic rings. The summed E-state index contributed by atoms with van der Waals surface area (Å²) in [5.41, 5.74) is 0. The average molecular weight is 1000 g/mol. The number of rotatable bonds is 54. The Morgan fingerprint density at radius 2 is 0.542 bits per heavy atom. The summed E-state index contributed by atoms with van der Waals surface area (Å²) in [6.07, 6.45) is 79.7. The maximum atomic E-state index is 12.9. The molecule has 0 N–H and O–H groups in total. The molecule has 1 atom stereocenters. The van der Waals surface area contributed by atoms with Gasteiger partial charge >= 0.3 is 17.9 Å². The van der Waals surface area contributed by atoms with Crippen LogP contribution >= 0.6 is 0 Å². The largest absolute Gasteiger partial charge is 0.462 e. The van der Waals surface area contributed by atoms with Gasteiger partial charge in [0.25, 0.3) is 0 Å². The van der Waals surface area contributed by atoms with Crippen LogP contribution in [0, 0.1) is 0 Å². The van der Waals surface area contributed by atoms with Crippen molar-refractivity contribution < 1.29 is 28.6 Å². The van der Waals surface area contributed by atoms with Crippen LogP contribution in [-0.4, -0.2) is 37.2 Å². The Morgan fingerprint density at radius 1 is 0.292 bits per heavy atom. The molecule has 0 saturated heterocycles. The van der Waals surface area contributed by atoms with Crippen molar-refractivity contribution >= 4 is 17.9 Å². The van der Waals surface area contributed by atoms with Crippen molar-refractivity contribution in [2.24, 2.45) is 0 Å². The first kappa shape index (κ1) is 68.3. The third kappa shape index (κ3) is 57.2. The zero-order valence-corrected chi connectivity index (χ0v) is 47.2. The van der Waals surface area contributed by atoms with E-state index >= 15 is 0 Å². The first-order valence-corrected chi connectivity index (χ1v) is 30.2. The van der Waals surface area contributed by atoms with E-state index in [2.05, 4.69) is 118 Å². The topological polar surface area (TPSA) is 78.9 Å². The van der Waals surface area contributed by atoms with Gasteiger partial charge in [-0.05, 0) is 122 Å². The van der Waals surface area contributed by atoms with Crippen molar-refractivity contribution in [3.63, 3.8) is 0 Å². The zero-order valence-electron chi connectivity index (χ0n) is 47.2. The Bertz CT molecular complexity index is 1430. The highest BCUT2D eigenvalue weighted by molar-refractivity contribution is 5.71. The fraction of sp³-hybridized carbons (Fsp3) is 0.712. The monoisotopic (exact) mass is 1000 g/mol. The first-order chi connectivity index (χ1) is 35.5. The van der Waals surface area contributed by atoms with Gasteiger partial charge in [-0.15, -0.1) is 0 Å². The van der Waals surface area contributed by atoms with Crippen LogP contribution in [0.1, 0.15) is 284 Å². The minimum Gasteiger partial charge on any atom is -0.462 e. The molecule has 72 heavy (non-hydrogen) atoms. The van der Waals surface area contributed by atoms with E-state index in [1.165, 1.54) is 116 Å². The summed E-state index contributed by atoms with van der Waals surface area (Å²) in [6, 6.07) is 0. The minimum atomic E-state index is -0.792. The highest BCUT2D eigenvalue weighted by Gasteiger charge is 2.19. The number of carbonyl (C=O) groups excluding carboxylic acids is 3. The molecule has 0 rings (SSSR count). The number of hydrogen-bond acceptors (Lipinski definition) is 6. The van der Waals surface area contributed by atoms with Gasteiger partial charge in [0, 0.05) is 19.3 Å². The molecule has 0 aromatic rings. The molecule has 0 aromatic heterocycles. The van der Waals surface area contributed by atoms with Crippen molar-refractivity contribution in [3.05, 3.63) is 97.2 Å². The van der Waals surface area contributed by atoms with Crippen molar-refractivity contribution in [2.75, 3.05) is 13.2 Å². The molecule has 6 nitrogen and oxygen atoms in total. The number of unbranched alkanes of at least 4 members (excludes halogenated alkanes) is 27. The molecule has 0 fully saturated rings. The van der Waals surface area contributed by atoms with E-state index in [1.807, 2.05) is 0 Å². The predicted octanol–water partition coefficient (Wildman–Crippen LogP) is 20.5. The summed E-state index contributed by atoms with van der Waals surface area (Å²) in [5.74, 6) is -0.916. The van der Waals surface area contributed by atoms with Crippen LogP contribution in [0.15, 0.2) is 97.2 Å². The molecular formula is C66H112O6. The lowest BCUT2D eigenvalue weighted by Crippen LogP contribution is -2.30. The van der Waals surface area contributed by atoms with Crippen LogP contribution in [0.5, 0.6) is 0 Å². The smallest absolute Gasteiger partial charge is 0.306 e. The molecule has 0 spiro atoms. The zero-order chi connectivity index (χ0) is 52.2. The predicted molar refractivity (Wildman–Crippen MR) is 311 cm³/mol. The van der Waals surface area contributed by atoms with Crippen molar-refractivity contribution in [1.29, 1.82) is 0 Å². The fourth-order valence-electron chi connectivity index (χ4n) is 8.26. The molecule has 0 aromatic carbocycles. The Morgan fingerprint density at radius 3 is 0.875 bits per heavy atom. The summed E-state index contributed by atoms with van der Waals surface area (Å²) in [5, 5.41) is 0. The second-order valence-corrected chi connectivity index (χ2v) is 19.9. The Labute approximate surface area is 445 Å². The fourth-order valence-corrected chi connectivity index (χ4v) is 8.26. The van der Waals surface area contributed by atoms with Gasteiger partial charge in [0.2, 0.25) is 0 Å². The van der Waals surface area contributed by atoms with Crippen molar-refractivity contribution in [2.45, 2.75) is 290 Å². The van der Waals surface area contributed by atoms with E-state index in [0.29, 0.717) is 19.3 Å². The lowest BCUT2D eigenvalue weighted by molar-refractivity contribution is -0.167. The van der Waals surface area contributed by atoms with E-state index in [9.17, 15) is 14.4 Å². The average Bonchev–Trinajstić information content (AvgIpc) is 3.38.